The molecule has 0 bridgehead atoms. The van der Waals surface area contributed by atoms with Gasteiger partial charge in [-0.1, -0.05) is 50.3 Å². The van der Waals surface area contributed by atoms with Crippen LogP contribution in [0, 0.1) is 5.41 Å². The molecule has 0 radical (unpaired) electrons. The third kappa shape index (κ3) is 3.98. The highest BCUT2D eigenvalue weighted by Crippen LogP contribution is 2.43. The van der Waals surface area contributed by atoms with Crippen molar-refractivity contribution in [2.45, 2.75) is 38.6 Å². The summed E-state index contributed by atoms with van der Waals surface area (Å²) in [6, 6.07) is 10.3. The van der Waals surface area contributed by atoms with E-state index in [0.717, 1.165) is 5.39 Å². The molecule has 0 saturated carbocycles. The van der Waals surface area contributed by atoms with E-state index in [1.54, 1.807) is 24.3 Å². The molecule has 0 aliphatic heterocycles. The lowest BCUT2D eigenvalue weighted by atomic mass is 9.69. The summed E-state index contributed by atoms with van der Waals surface area (Å²) < 4.78 is 0. The number of Topliss-reactive ketones (excluding diaryl/α,β-unsaturated/α-hetero) is 1. The van der Waals surface area contributed by atoms with Gasteiger partial charge in [-0.05, 0) is 30.0 Å². The van der Waals surface area contributed by atoms with Gasteiger partial charge in [0.15, 0.2) is 5.76 Å². The SMILES string of the molecule is CC.O=C1C(O)=CCC12C(O)C=CC(O)C2O.Oc1cccc2cccc(O)c12. The normalized spacial score (nSPS) is 27.7. The summed E-state index contributed by atoms with van der Waals surface area (Å²) in [6.07, 6.45) is -0.000591. The van der Waals surface area contributed by atoms with Crippen LogP contribution in [0.4, 0.5) is 0 Å². The zero-order valence-electron chi connectivity index (χ0n) is 16.2. The van der Waals surface area contributed by atoms with Crippen molar-refractivity contribution in [3.05, 3.63) is 60.4 Å². The van der Waals surface area contributed by atoms with Gasteiger partial charge < -0.3 is 30.6 Å². The summed E-state index contributed by atoms with van der Waals surface area (Å²) in [5.41, 5.74) is -1.52. The number of phenolic OH excluding ortho intramolecular Hbond substituents is 2. The third-order valence-electron chi connectivity index (χ3n) is 5.02. The van der Waals surface area contributed by atoms with Crippen molar-refractivity contribution in [2.24, 2.45) is 5.41 Å². The Balaban J connectivity index is 0.000000194. The van der Waals surface area contributed by atoms with E-state index in [-0.39, 0.29) is 17.9 Å². The molecule has 2 aromatic rings. The maximum atomic E-state index is 11.7. The van der Waals surface area contributed by atoms with Gasteiger partial charge in [0.1, 0.15) is 11.5 Å². The summed E-state index contributed by atoms with van der Waals surface area (Å²) >= 11 is 0. The second-order valence-electron chi connectivity index (χ2n) is 6.58. The van der Waals surface area contributed by atoms with Crippen LogP contribution in [0.1, 0.15) is 20.3 Å². The number of benzene rings is 2. The number of phenols is 2. The van der Waals surface area contributed by atoms with E-state index in [4.69, 9.17) is 0 Å². The Labute approximate surface area is 168 Å². The first kappa shape index (κ1) is 22.4. The second-order valence-corrected chi connectivity index (χ2v) is 6.58. The summed E-state index contributed by atoms with van der Waals surface area (Å²) in [6.45, 7) is 4.00. The number of aliphatic hydroxyl groups is 4. The van der Waals surface area contributed by atoms with Crippen LogP contribution in [-0.2, 0) is 4.79 Å². The smallest absolute Gasteiger partial charge is 0.208 e. The van der Waals surface area contributed by atoms with Crippen LogP contribution < -0.4 is 0 Å². The number of allylic oxidation sites excluding steroid dienone is 2. The van der Waals surface area contributed by atoms with Gasteiger partial charge in [0, 0.05) is 0 Å². The van der Waals surface area contributed by atoms with Gasteiger partial charge in [-0.15, -0.1) is 0 Å². The Bertz CT molecular complexity index is 897. The number of aliphatic hydroxyl groups excluding tert-OH is 4. The van der Waals surface area contributed by atoms with E-state index in [2.05, 4.69) is 0 Å². The summed E-state index contributed by atoms with van der Waals surface area (Å²) in [5, 5.41) is 58.3. The van der Waals surface area contributed by atoms with E-state index in [1.165, 1.54) is 18.2 Å². The molecule has 0 amide bonds. The predicted octanol–water partition coefficient (Wildman–Crippen LogP) is 2.32. The van der Waals surface area contributed by atoms with Gasteiger partial charge >= 0.3 is 0 Å². The average Bonchev–Trinajstić information content (AvgIpc) is 3.02. The molecule has 1 spiro atoms. The molecule has 7 nitrogen and oxygen atoms in total. The van der Waals surface area contributed by atoms with Gasteiger partial charge in [0.05, 0.1) is 29.1 Å². The van der Waals surface area contributed by atoms with E-state index in [9.17, 15) is 35.4 Å². The monoisotopic (exact) mass is 402 g/mol. The summed E-state index contributed by atoms with van der Waals surface area (Å²) in [7, 11) is 0. The standard InChI is InChI=1S/C10H12O5.C10H8O2.C2H6/c11-5-1-2-7(13)10(8(5)14)4-3-6(12)9(10)15;11-8-5-1-3-7-4-2-6-9(12)10(7)8;1-2/h1-3,5,7-8,11-14H,4H2;1-6,11-12H;1-2H3. The van der Waals surface area contributed by atoms with Crippen molar-refractivity contribution < 1.29 is 35.4 Å². The van der Waals surface area contributed by atoms with Crippen LogP contribution in [0.2, 0.25) is 0 Å². The van der Waals surface area contributed by atoms with Gasteiger partial charge in [-0.2, -0.15) is 0 Å². The highest BCUT2D eigenvalue weighted by molar-refractivity contribution is 6.01. The first-order valence-corrected chi connectivity index (χ1v) is 9.35. The fraction of sp³-hybridized carbons (Fsp3) is 0.318. The van der Waals surface area contributed by atoms with Crippen LogP contribution in [0.3, 0.4) is 0 Å². The van der Waals surface area contributed by atoms with E-state index >= 15 is 0 Å². The van der Waals surface area contributed by atoms with Crippen molar-refractivity contribution >= 4 is 16.6 Å². The molecule has 4 unspecified atom stereocenters. The third-order valence-corrected chi connectivity index (χ3v) is 5.02. The molecule has 4 rings (SSSR count). The van der Waals surface area contributed by atoms with Crippen LogP contribution in [0.25, 0.3) is 10.8 Å². The number of hydrogen-bond donors (Lipinski definition) is 6. The Hall–Kier alpha value is -2.87. The summed E-state index contributed by atoms with van der Waals surface area (Å²) in [5.74, 6) is -0.947. The molecule has 2 aliphatic carbocycles. The quantitative estimate of drug-likeness (QED) is 0.372. The van der Waals surface area contributed by atoms with Gasteiger partial charge in [-0.3, -0.25) is 4.79 Å². The largest absolute Gasteiger partial charge is 0.507 e. The zero-order valence-corrected chi connectivity index (χ0v) is 16.2. The number of fused-ring (bicyclic) bond motifs is 1. The maximum absolute atomic E-state index is 11.7. The highest BCUT2D eigenvalue weighted by Gasteiger charge is 2.56. The first-order valence-electron chi connectivity index (χ1n) is 9.35. The molecule has 2 aromatic carbocycles. The minimum atomic E-state index is -1.52. The van der Waals surface area contributed by atoms with Crippen LogP contribution >= 0.6 is 0 Å². The Kier molecular flexibility index (Phi) is 7.02. The van der Waals surface area contributed by atoms with E-state index < -0.39 is 35.3 Å². The predicted molar refractivity (Wildman–Crippen MR) is 109 cm³/mol. The zero-order chi connectivity index (χ0) is 21.8. The molecule has 156 valence electrons. The van der Waals surface area contributed by atoms with Crippen molar-refractivity contribution in [3.63, 3.8) is 0 Å². The molecular weight excluding hydrogens is 376 g/mol. The Morgan fingerprint density at radius 1 is 0.897 bits per heavy atom. The van der Waals surface area contributed by atoms with Gasteiger partial charge in [0.2, 0.25) is 5.78 Å². The molecule has 2 aliphatic rings. The van der Waals surface area contributed by atoms with E-state index in [1.807, 2.05) is 26.0 Å². The lowest BCUT2D eigenvalue weighted by Gasteiger charge is -2.39. The number of hydrogen-bond acceptors (Lipinski definition) is 7. The highest BCUT2D eigenvalue weighted by atomic mass is 16.3. The van der Waals surface area contributed by atoms with E-state index in [0.29, 0.717) is 5.39 Å². The Morgan fingerprint density at radius 3 is 1.90 bits per heavy atom. The second kappa shape index (κ2) is 9.09. The minimum absolute atomic E-state index is 0.0292. The molecule has 7 heteroatoms. The number of carbonyl (C=O) groups is 1. The van der Waals surface area contributed by atoms with Crippen LogP contribution in [0.5, 0.6) is 11.5 Å². The fourth-order valence-corrected chi connectivity index (χ4v) is 3.48. The number of rotatable bonds is 0. The maximum Gasteiger partial charge on any atom is 0.208 e. The number of ketones is 1. The van der Waals surface area contributed by atoms with Gasteiger partial charge in [0.25, 0.3) is 0 Å². The van der Waals surface area contributed by atoms with Crippen LogP contribution in [0.15, 0.2) is 60.4 Å². The first-order chi connectivity index (χ1) is 13.8. The molecular formula is C22H26O7. The fourth-order valence-electron chi connectivity index (χ4n) is 3.48. The van der Waals surface area contributed by atoms with Gasteiger partial charge in [-0.25, -0.2) is 0 Å². The minimum Gasteiger partial charge on any atom is -0.507 e. The van der Waals surface area contributed by atoms with Crippen molar-refractivity contribution in [1.82, 2.24) is 0 Å². The molecule has 4 atom stereocenters. The number of aromatic hydroxyl groups is 2. The van der Waals surface area contributed by atoms with Crippen molar-refractivity contribution in [1.29, 1.82) is 0 Å². The molecule has 0 aromatic heterocycles. The van der Waals surface area contributed by atoms with Crippen molar-refractivity contribution in [3.8, 4) is 11.5 Å². The molecule has 0 saturated heterocycles. The molecule has 6 N–H and O–H groups in total. The van der Waals surface area contributed by atoms with Crippen molar-refractivity contribution in [2.75, 3.05) is 0 Å². The molecule has 29 heavy (non-hydrogen) atoms. The summed E-state index contributed by atoms with van der Waals surface area (Å²) in [4.78, 5) is 11.7. The number of carbonyl (C=O) groups excluding carboxylic acids is 1. The average molecular weight is 402 g/mol. The lowest BCUT2D eigenvalue weighted by Crippen LogP contribution is -2.55. The molecule has 0 fully saturated rings. The molecule has 0 heterocycles. The topological polar surface area (TPSA) is 138 Å². The van der Waals surface area contributed by atoms with Crippen LogP contribution in [-0.4, -0.2) is 54.7 Å². The Morgan fingerprint density at radius 2 is 1.45 bits per heavy atom. The lowest BCUT2D eigenvalue weighted by molar-refractivity contribution is -0.149.